The Morgan fingerprint density at radius 1 is 0.903 bits per heavy atom. The zero-order valence-corrected chi connectivity index (χ0v) is 18.9. The summed E-state index contributed by atoms with van der Waals surface area (Å²) in [5.41, 5.74) is 0.455. The van der Waals surface area contributed by atoms with Gasteiger partial charge >= 0.3 is 0 Å². The fourth-order valence-corrected chi connectivity index (χ4v) is 5.40. The first-order valence-corrected chi connectivity index (χ1v) is 12.0. The van der Waals surface area contributed by atoms with E-state index in [-0.39, 0.29) is 17.3 Å². The first kappa shape index (κ1) is 22.0. The number of halogens is 2. The summed E-state index contributed by atoms with van der Waals surface area (Å²) < 4.78 is 27.6. The van der Waals surface area contributed by atoms with Crippen LogP contribution in [0.3, 0.4) is 0 Å². The number of rotatable bonds is 5. The van der Waals surface area contributed by atoms with Crippen molar-refractivity contribution in [2.24, 2.45) is 0 Å². The maximum absolute atomic E-state index is 13.1. The minimum absolute atomic E-state index is 0.146. The number of amides is 1. The number of nitrogens with zero attached hydrogens (tertiary/aromatic N) is 2. The van der Waals surface area contributed by atoms with Crippen molar-refractivity contribution in [3.63, 3.8) is 0 Å². The zero-order valence-electron chi connectivity index (χ0n) is 16.6. The van der Waals surface area contributed by atoms with E-state index in [0.29, 0.717) is 41.9 Å². The van der Waals surface area contributed by atoms with Crippen LogP contribution >= 0.6 is 23.2 Å². The molecule has 1 heterocycles. The van der Waals surface area contributed by atoms with E-state index >= 15 is 0 Å². The van der Waals surface area contributed by atoms with E-state index in [0.717, 1.165) is 10.8 Å². The average Bonchev–Trinajstić information content (AvgIpc) is 2.77. The van der Waals surface area contributed by atoms with Crippen LogP contribution in [0.25, 0.3) is 10.8 Å². The number of anilines is 1. The quantitative estimate of drug-likeness (QED) is 0.600. The maximum atomic E-state index is 13.1. The molecule has 9 heteroatoms. The molecule has 3 aromatic carbocycles. The van der Waals surface area contributed by atoms with Crippen LogP contribution in [0.2, 0.25) is 10.0 Å². The third-order valence-corrected chi connectivity index (χ3v) is 8.00. The number of benzene rings is 3. The van der Waals surface area contributed by atoms with Crippen LogP contribution in [-0.2, 0) is 14.8 Å². The summed E-state index contributed by atoms with van der Waals surface area (Å²) in [6.45, 7) is 1.71. The lowest BCUT2D eigenvalue weighted by Gasteiger charge is -2.33. The lowest BCUT2D eigenvalue weighted by Crippen LogP contribution is -2.50. The van der Waals surface area contributed by atoms with Crippen molar-refractivity contribution in [3.8, 4) is 0 Å². The number of piperazine rings is 1. The summed E-state index contributed by atoms with van der Waals surface area (Å²) in [5.74, 6) is -0.227. The summed E-state index contributed by atoms with van der Waals surface area (Å²) >= 11 is 12.1. The minimum atomic E-state index is -3.59. The number of carbonyl (C=O) groups is 1. The second-order valence-corrected chi connectivity index (χ2v) is 10.1. The normalized spacial score (nSPS) is 15.8. The lowest BCUT2D eigenvalue weighted by molar-refractivity contribution is -0.117. The van der Waals surface area contributed by atoms with E-state index in [1.54, 1.807) is 30.3 Å². The van der Waals surface area contributed by atoms with Crippen LogP contribution in [0.4, 0.5) is 5.69 Å². The monoisotopic (exact) mass is 477 g/mol. The molecule has 0 aliphatic carbocycles. The molecular formula is C22H21Cl2N3O3S. The Bertz CT molecular complexity index is 1230. The highest BCUT2D eigenvalue weighted by Gasteiger charge is 2.29. The molecule has 0 spiro atoms. The van der Waals surface area contributed by atoms with E-state index < -0.39 is 10.0 Å². The average molecular weight is 478 g/mol. The van der Waals surface area contributed by atoms with Crippen molar-refractivity contribution < 1.29 is 13.2 Å². The molecule has 1 amide bonds. The summed E-state index contributed by atoms with van der Waals surface area (Å²) in [4.78, 5) is 14.6. The SMILES string of the molecule is O=C(CN1CCN(S(=O)(=O)c2ccc3ccccc3c2)CC1)Nc1cccc(Cl)c1Cl. The number of fused-ring (bicyclic) bond motifs is 1. The van der Waals surface area contributed by atoms with Gasteiger partial charge in [-0.15, -0.1) is 0 Å². The number of hydrogen-bond donors (Lipinski definition) is 1. The Morgan fingerprint density at radius 3 is 2.35 bits per heavy atom. The third-order valence-electron chi connectivity index (χ3n) is 5.28. The van der Waals surface area contributed by atoms with Crippen LogP contribution < -0.4 is 5.32 Å². The van der Waals surface area contributed by atoms with Crippen molar-refractivity contribution in [2.75, 3.05) is 38.0 Å². The van der Waals surface area contributed by atoms with Gasteiger partial charge in [-0.3, -0.25) is 9.69 Å². The van der Waals surface area contributed by atoms with Gasteiger partial charge in [0.25, 0.3) is 0 Å². The first-order chi connectivity index (χ1) is 14.8. The number of carbonyl (C=O) groups excluding carboxylic acids is 1. The van der Waals surface area contributed by atoms with Gasteiger partial charge in [0.15, 0.2) is 0 Å². The molecule has 0 aromatic heterocycles. The second kappa shape index (κ2) is 9.14. The maximum Gasteiger partial charge on any atom is 0.243 e. The van der Waals surface area contributed by atoms with Gasteiger partial charge in [-0.05, 0) is 35.0 Å². The largest absolute Gasteiger partial charge is 0.324 e. The molecule has 1 saturated heterocycles. The Labute approximate surface area is 191 Å². The lowest BCUT2D eigenvalue weighted by atomic mass is 10.1. The first-order valence-electron chi connectivity index (χ1n) is 9.80. The highest BCUT2D eigenvalue weighted by atomic mass is 35.5. The van der Waals surface area contributed by atoms with Gasteiger partial charge in [0, 0.05) is 26.2 Å². The molecule has 1 aliphatic heterocycles. The summed E-state index contributed by atoms with van der Waals surface area (Å²) in [6.07, 6.45) is 0. The highest BCUT2D eigenvalue weighted by Crippen LogP contribution is 2.29. The Balaban J connectivity index is 1.37. The smallest absolute Gasteiger partial charge is 0.243 e. The fourth-order valence-electron chi connectivity index (χ4n) is 3.60. The molecular weight excluding hydrogens is 457 g/mol. The number of sulfonamides is 1. The standard InChI is InChI=1S/C22H21Cl2N3O3S/c23-19-6-3-7-20(22(19)24)25-21(28)15-26-10-12-27(13-11-26)31(29,30)18-9-8-16-4-1-2-5-17(16)14-18/h1-9,14H,10-13,15H2,(H,25,28). The van der Waals surface area contributed by atoms with Crippen LogP contribution in [-0.4, -0.2) is 56.3 Å². The number of hydrogen-bond acceptors (Lipinski definition) is 4. The molecule has 0 atom stereocenters. The van der Waals surface area contributed by atoms with Gasteiger partial charge in [0.05, 0.1) is 27.2 Å². The van der Waals surface area contributed by atoms with Crippen molar-refractivity contribution in [2.45, 2.75) is 4.90 Å². The molecule has 0 radical (unpaired) electrons. The summed E-state index contributed by atoms with van der Waals surface area (Å²) in [7, 11) is -3.59. The molecule has 0 bridgehead atoms. The third kappa shape index (κ3) is 4.86. The van der Waals surface area contributed by atoms with Crippen LogP contribution in [0.1, 0.15) is 0 Å². The van der Waals surface area contributed by atoms with Crippen LogP contribution in [0, 0.1) is 0 Å². The van der Waals surface area contributed by atoms with Gasteiger partial charge < -0.3 is 5.32 Å². The van der Waals surface area contributed by atoms with Crippen molar-refractivity contribution in [1.82, 2.24) is 9.21 Å². The molecule has 1 fully saturated rings. The van der Waals surface area contributed by atoms with Gasteiger partial charge in [-0.1, -0.05) is 59.6 Å². The molecule has 0 saturated carbocycles. The molecule has 162 valence electrons. The van der Waals surface area contributed by atoms with E-state index in [9.17, 15) is 13.2 Å². The van der Waals surface area contributed by atoms with E-state index in [4.69, 9.17) is 23.2 Å². The molecule has 0 unspecified atom stereocenters. The van der Waals surface area contributed by atoms with Crippen molar-refractivity contribution >= 4 is 55.6 Å². The van der Waals surface area contributed by atoms with E-state index in [1.807, 2.05) is 35.2 Å². The van der Waals surface area contributed by atoms with Gasteiger partial charge in [-0.2, -0.15) is 4.31 Å². The van der Waals surface area contributed by atoms with Crippen LogP contribution in [0.5, 0.6) is 0 Å². The fraction of sp³-hybridized carbons (Fsp3) is 0.227. The molecule has 4 rings (SSSR count). The topological polar surface area (TPSA) is 69.7 Å². The Morgan fingerprint density at radius 2 is 1.61 bits per heavy atom. The molecule has 6 nitrogen and oxygen atoms in total. The van der Waals surface area contributed by atoms with Gasteiger partial charge in [0.1, 0.15) is 0 Å². The zero-order chi connectivity index (χ0) is 22.0. The number of nitrogens with one attached hydrogen (secondary N) is 1. The molecule has 31 heavy (non-hydrogen) atoms. The summed E-state index contributed by atoms with van der Waals surface area (Å²) in [6, 6.07) is 17.9. The second-order valence-electron chi connectivity index (χ2n) is 7.34. The van der Waals surface area contributed by atoms with Gasteiger partial charge in [-0.25, -0.2) is 8.42 Å². The van der Waals surface area contributed by atoms with E-state index in [1.165, 1.54) is 4.31 Å². The molecule has 1 N–H and O–H groups in total. The van der Waals surface area contributed by atoms with Crippen molar-refractivity contribution in [3.05, 3.63) is 70.7 Å². The Kier molecular flexibility index (Phi) is 6.50. The predicted octanol–water partition coefficient (Wildman–Crippen LogP) is 4.09. The minimum Gasteiger partial charge on any atom is -0.324 e. The van der Waals surface area contributed by atoms with Crippen molar-refractivity contribution in [1.29, 1.82) is 0 Å². The molecule has 1 aliphatic rings. The summed E-state index contributed by atoms with van der Waals surface area (Å²) in [5, 5.41) is 5.30. The van der Waals surface area contributed by atoms with Gasteiger partial charge in [0.2, 0.25) is 15.9 Å². The van der Waals surface area contributed by atoms with Crippen LogP contribution in [0.15, 0.2) is 65.6 Å². The highest BCUT2D eigenvalue weighted by molar-refractivity contribution is 7.89. The molecule has 3 aromatic rings. The Hall–Kier alpha value is -2.16. The van der Waals surface area contributed by atoms with E-state index in [2.05, 4.69) is 5.32 Å². The predicted molar refractivity (Wildman–Crippen MR) is 124 cm³/mol.